The monoisotopic (exact) mass is 492 g/mol. The smallest absolute Gasteiger partial charge is 0.234 e. The van der Waals surface area contributed by atoms with Gasteiger partial charge in [0.05, 0.1) is 31.3 Å². The summed E-state index contributed by atoms with van der Waals surface area (Å²) in [7, 11) is 3.19. The maximum Gasteiger partial charge on any atom is 0.234 e. The van der Waals surface area contributed by atoms with Gasteiger partial charge < -0.3 is 24.5 Å². The van der Waals surface area contributed by atoms with Gasteiger partial charge in [0.25, 0.3) is 0 Å². The Labute approximate surface area is 203 Å². The molecule has 5 rings (SSSR count). The molecule has 5 aromatic rings. The number of carbonyl (C=O) groups is 1. The van der Waals surface area contributed by atoms with Crippen LogP contribution < -0.4 is 20.1 Å². The van der Waals surface area contributed by atoms with Crippen LogP contribution in [0.25, 0.3) is 21.9 Å². The van der Waals surface area contributed by atoms with Crippen LogP contribution in [0.5, 0.6) is 11.5 Å². The van der Waals surface area contributed by atoms with Crippen LogP contribution in [-0.2, 0) is 4.79 Å². The fourth-order valence-corrected chi connectivity index (χ4v) is 5.08. The molecule has 172 valence electrons. The van der Waals surface area contributed by atoms with E-state index in [1.807, 2.05) is 54.6 Å². The van der Waals surface area contributed by atoms with Gasteiger partial charge in [0.2, 0.25) is 11.0 Å². The summed E-state index contributed by atoms with van der Waals surface area (Å²) in [5.41, 5.74) is 2.81. The Morgan fingerprint density at radius 1 is 0.941 bits per heavy atom. The molecule has 0 saturated carbocycles. The van der Waals surface area contributed by atoms with Crippen LogP contribution in [0.1, 0.15) is 0 Å². The molecule has 0 unspecified atom stereocenters. The first kappa shape index (κ1) is 22.1. The lowest BCUT2D eigenvalue weighted by Gasteiger charge is -2.10. The zero-order chi connectivity index (χ0) is 23.5. The van der Waals surface area contributed by atoms with Crippen LogP contribution in [0.15, 0.2) is 69.4 Å². The number of fused-ring (bicyclic) bond motifs is 3. The predicted octanol–water partition coefficient (Wildman–Crippen LogP) is 5.93. The van der Waals surface area contributed by atoms with E-state index < -0.39 is 0 Å². The van der Waals surface area contributed by atoms with Gasteiger partial charge in [0.15, 0.2) is 4.34 Å². The number of hydrogen-bond acceptors (Lipinski definition) is 9. The number of methoxy groups -OCH3 is 2. The van der Waals surface area contributed by atoms with Gasteiger partial charge in [-0.2, -0.15) is 0 Å². The first-order valence-corrected chi connectivity index (χ1v) is 12.1. The van der Waals surface area contributed by atoms with Gasteiger partial charge in [-0.1, -0.05) is 53.4 Å². The summed E-state index contributed by atoms with van der Waals surface area (Å²) in [6.07, 6.45) is 0. The molecular formula is C24H20N4O4S2. The number of ether oxygens (including phenoxy) is 2. The van der Waals surface area contributed by atoms with Gasteiger partial charge in [0, 0.05) is 16.8 Å². The van der Waals surface area contributed by atoms with Crippen molar-refractivity contribution >= 4 is 67.5 Å². The minimum Gasteiger partial charge on any atom is -0.495 e. The quantitative estimate of drug-likeness (QED) is 0.257. The van der Waals surface area contributed by atoms with Crippen molar-refractivity contribution in [3.8, 4) is 11.5 Å². The van der Waals surface area contributed by atoms with E-state index >= 15 is 0 Å². The van der Waals surface area contributed by atoms with Crippen molar-refractivity contribution in [3.05, 3.63) is 60.7 Å². The van der Waals surface area contributed by atoms with E-state index in [0.29, 0.717) is 32.2 Å². The molecule has 0 spiro atoms. The van der Waals surface area contributed by atoms with Crippen molar-refractivity contribution < 1.29 is 18.7 Å². The molecule has 0 atom stereocenters. The highest BCUT2D eigenvalue weighted by atomic mass is 32.2. The van der Waals surface area contributed by atoms with Crippen LogP contribution in [0.2, 0.25) is 0 Å². The van der Waals surface area contributed by atoms with E-state index in [2.05, 4.69) is 20.8 Å². The van der Waals surface area contributed by atoms with Crippen LogP contribution in [-0.4, -0.2) is 36.1 Å². The summed E-state index contributed by atoms with van der Waals surface area (Å²) >= 11 is 2.67. The minimum atomic E-state index is -0.187. The van der Waals surface area contributed by atoms with Crippen molar-refractivity contribution in [2.45, 2.75) is 4.34 Å². The summed E-state index contributed by atoms with van der Waals surface area (Å²) in [5, 5.41) is 17.0. The normalized spacial score (nSPS) is 11.0. The van der Waals surface area contributed by atoms with Gasteiger partial charge in [0.1, 0.15) is 22.7 Å². The van der Waals surface area contributed by atoms with Crippen molar-refractivity contribution in [2.75, 3.05) is 30.6 Å². The topological polar surface area (TPSA) is 98.5 Å². The number of hydrogen-bond donors (Lipinski definition) is 2. The molecule has 0 bridgehead atoms. The average Bonchev–Trinajstić information content (AvgIpc) is 3.46. The molecule has 2 N–H and O–H groups in total. The van der Waals surface area contributed by atoms with Gasteiger partial charge in [-0.25, -0.2) is 0 Å². The molecule has 34 heavy (non-hydrogen) atoms. The number of benzene rings is 3. The number of para-hydroxylation sites is 3. The minimum absolute atomic E-state index is 0.171. The molecule has 8 nitrogen and oxygen atoms in total. The Balaban J connectivity index is 1.25. The number of carbonyl (C=O) groups excluding carboxylic acids is 1. The zero-order valence-corrected chi connectivity index (χ0v) is 20.0. The molecule has 0 aliphatic heterocycles. The zero-order valence-electron chi connectivity index (χ0n) is 18.3. The van der Waals surface area contributed by atoms with E-state index in [9.17, 15) is 4.79 Å². The Morgan fingerprint density at radius 2 is 1.74 bits per heavy atom. The third kappa shape index (κ3) is 4.50. The second kappa shape index (κ2) is 9.62. The third-order valence-electron chi connectivity index (χ3n) is 5.05. The lowest BCUT2D eigenvalue weighted by atomic mass is 10.1. The Kier molecular flexibility index (Phi) is 6.24. The number of anilines is 3. The van der Waals surface area contributed by atoms with E-state index in [0.717, 1.165) is 22.0 Å². The van der Waals surface area contributed by atoms with Gasteiger partial charge in [-0.05, 0) is 24.3 Å². The molecule has 0 aliphatic rings. The number of aromatic nitrogens is 2. The van der Waals surface area contributed by atoms with Crippen LogP contribution in [0.4, 0.5) is 16.5 Å². The summed E-state index contributed by atoms with van der Waals surface area (Å²) in [5.74, 6) is 1.26. The van der Waals surface area contributed by atoms with E-state index in [1.54, 1.807) is 20.3 Å². The second-order valence-electron chi connectivity index (χ2n) is 7.18. The summed E-state index contributed by atoms with van der Waals surface area (Å²) in [6.45, 7) is 0. The standard InChI is InChI=1S/C24H20N4O4S2/c1-30-19-10-6-4-8-16(19)26-23-27-28-24(34-23)33-13-22(29)25-17-12-20-15(11-21(17)31-2)14-7-3-5-9-18(14)32-20/h3-12H,13H2,1-2H3,(H,25,29)(H,26,27). The van der Waals surface area contributed by atoms with E-state index in [4.69, 9.17) is 13.9 Å². The molecule has 2 aromatic heterocycles. The molecule has 2 heterocycles. The largest absolute Gasteiger partial charge is 0.495 e. The Bertz CT molecular complexity index is 1480. The van der Waals surface area contributed by atoms with Crippen LogP contribution in [0, 0.1) is 0 Å². The highest BCUT2D eigenvalue weighted by molar-refractivity contribution is 8.01. The van der Waals surface area contributed by atoms with Crippen molar-refractivity contribution in [3.63, 3.8) is 0 Å². The number of nitrogens with zero attached hydrogens (tertiary/aromatic N) is 2. The lowest BCUT2D eigenvalue weighted by Crippen LogP contribution is -2.14. The van der Waals surface area contributed by atoms with Crippen molar-refractivity contribution in [1.82, 2.24) is 10.2 Å². The fraction of sp³-hybridized carbons (Fsp3) is 0.125. The Morgan fingerprint density at radius 3 is 2.59 bits per heavy atom. The van der Waals surface area contributed by atoms with Crippen LogP contribution in [0.3, 0.4) is 0 Å². The number of thioether (sulfide) groups is 1. The number of amides is 1. The van der Waals surface area contributed by atoms with Crippen LogP contribution >= 0.6 is 23.1 Å². The maximum absolute atomic E-state index is 12.6. The summed E-state index contributed by atoms with van der Waals surface area (Å²) < 4.78 is 17.5. The fourth-order valence-electron chi connectivity index (χ4n) is 3.51. The maximum atomic E-state index is 12.6. The molecular weight excluding hydrogens is 472 g/mol. The SMILES string of the molecule is COc1cc2c(cc1NC(=O)CSc1nnc(Nc3ccccc3OC)s1)oc1ccccc12. The first-order valence-electron chi connectivity index (χ1n) is 10.3. The highest BCUT2D eigenvalue weighted by Gasteiger charge is 2.15. The molecule has 0 radical (unpaired) electrons. The van der Waals surface area contributed by atoms with E-state index in [-0.39, 0.29) is 11.7 Å². The van der Waals surface area contributed by atoms with Crippen molar-refractivity contribution in [1.29, 1.82) is 0 Å². The highest BCUT2D eigenvalue weighted by Crippen LogP contribution is 2.37. The summed E-state index contributed by atoms with van der Waals surface area (Å²) in [6, 6.07) is 19.0. The third-order valence-corrected chi connectivity index (χ3v) is 7.03. The first-order chi connectivity index (χ1) is 16.6. The molecule has 0 aliphatic carbocycles. The molecule has 10 heteroatoms. The lowest BCUT2D eigenvalue weighted by molar-refractivity contribution is -0.113. The van der Waals surface area contributed by atoms with Gasteiger partial charge in [-0.15, -0.1) is 10.2 Å². The predicted molar refractivity (Wildman–Crippen MR) is 136 cm³/mol. The number of nitrogens with one attached hydrogen (secondary N) is 2. The summed E-state index contributed by atoms with van der Waals surface area (Å²) in [4.78, 5) is 12.6. The molecule has 3 aromatic carbocycles. The van der Waals surface area contributed by atoms with Gasteiger partial charge >= 0.3 is 0 Å². The average molecular weight is 493 g/mol. The van der Waals surface area contributed by atoms with Gasteiger partial charge in [-0.3, -0.25) is 4.79 Å². The number of rotatable bonds is 8. The molecule has 0 fully saturated rings. The molecule has 1 amide bonds. The van der Waals surface area contributed by atoms with E-state index in [1.165, 1.54) is 23.1 Å². The number of furan rings is 1. The second-order valence-corrected chi connectivity index (χ2v) is 9.38. The molecule has 0 saturated heterocycles. The Hall–Kier alpha value is -3.76. The van der Waals surface area contributed by atoms with Crippen molar-refractivity contribution in [2.24, 2.45) is 0 Å².